The Kier molecular flexibility index (Phi) is 1.60. The van der Waals surface area contributed by atoms with Crippen LogP contribution in [-0.2, 0) is 4.74 Å². The minimum Gasteiger partial charge on any atom is -0.423 e. The molecular formula is C5H7NO2. The van der Waals surface area contributed by atoms with Gasteiger partial charge in [0.15, 0.2) is 6.73 Å². The van der Waals surface area contributed by atoms with Crippen molar-refractivity contribution in [1.29, 1.82) is 0 Å². The maximum Gasteiger partial charge on any atom is 0.179 e. The van der Waals surface area contributed by atoms with Crippen molar-refractivity contribution in [3.8, 4) is 12.2 Å². The minimum absolute atomic E-state index is 0.137. The highest BCUT2D eigenvalue weighted by atomic mass is 16.5. The number of aliphatic hydroxyl groups excluding tert-OH is 1. The standard InChI is InChI=1S/C5H7NO2/c7-3-1-6-2-4-8-5-6/h7H,1,3,5H2. The van der Waals surface area contributed by atoms with Crippen molar-refractivity contribution in [2.45, 2.75) is 0 Å². The van der Waals surface area contributed by atoms with Gasteiger partial charge in [0.05, 0.1) is 19.2 Å². The van der Waals surface area contributed by atoms with Gasteiger partial charge in [0.25, 0.3) is 0 Å². The highest BCUT2D eigenvalue weighted by molar-refractivity contribution is 4.95. The van der Waals surface area contributed by atoms with Crippen LogP contribution < -0.4 is 0 Å². The van der Waals surface area contributed by atoms with Crippen molar-refractivity contribution in [3.05, 3.63) is 0 Å². The zero-order chi connectivity index (χ0) is 5.82. The summed E-state index contributed by atoms with van der Waals surface area (Å²) in [5.74, 6) is 0. The van der Waals surface area contributed by atoms with Gasteiger partial charge in [0, 0.05) is 0 Å². The molecule has 0 unspecified atom stereocenters. The van der Waals surface area contributed by atoms with Crippen LogP contribution in [0, 0.1) is 12.2 Å². The van der Waals surface area contributed by atoms with Crippen molar-refractivity contribution in [2.24, 2.45) is 0 Å². The van der Waals surface area contributed by atoms with Gasteiger partial charge in [-0.15, -0.1) is 0 Å². The van der Waals surface area contributed by atoms with Crippen LogP contribution in [0.25, 0.3) is 0 Å². The molecule has 3 nitrogen and oxygen atoms in total. The molecule has 0 bridgehead atoms. The van der Waals surface area contributed by atoms with Crippen LogP contribution in [0.15, 0.2) is 0 Å². The molecule has 0 aliphatic carbocycles. The fourth-order valence-electron chi connectivity index (χ4n) is 0.480. The molecule has 0 amide bonds. The van der Waals surface area contributed by atoms with E-state index in [9.17, 15) is 0 Å². The molecule has 1 N–H and O–H groups in total. The minimum atomic E-state index is 0.137. The first-order valence-electron chi connectivity index (χ1n) is 2.42. The molecule has 3 heteroatoms. The van der Waals surface area contributed by atoms with Crippen molar-refractivity contribution in [1.82, 2.24) is 4.90 Å². The van der Waals surface area contributed by atoms with Gasteiger partial charge in [-0.2, -0.15) is 0 Å². The summed E-state index contributed by atoms with van der Waals surface area (Å²) in [7, 11) is 0. The number of hydrogen-bond acceptors (Lipinski definition) is 3. The van der Waals surface area contributed by atoms with Crippen LogP contribution in [0.3, 0.4) is 0 Å². The topological polar surface area (TPSA) is 32.7 Å². The third kappa shape index (κ3) is 1.04. The van der Waals surface area contributed by atoms with Gasteiger partial charge in [-0.3, -0.25) is 4.90 Å². The third-order valence-corrected chi connectivity index (χ3v) is 0.866. The molecule has 1 heterocycles. The molecule has 1 rings (SSSR count). The second kappa shape index (κ2) is 2.43. The number of rotatable bonds is 2. The lowest BCUT2D eigenvalue weighted by Crippen LogP contribution is -2.19. The smallest absolute Gasteiger partial charge is 0.179 e. The maximum absolute atomic E-state index is 8.36. The van der Waals surface area contributed by atoms with E-state index in [0.29, 0.717) is 13.3 Å². The van der Waals surface area contributed by atoms with Gasteiger partial charge in [-0.1, -0.05) is 0 Å². The summed E-state index contributed by atoms with van der Waals surface area (Å²) in [6.45, 7) is 1.19. The first-order chi connectivity index (χ1) is 3.93. The lowest BCUT2D eigenvalue weighted by molar-refractivity contribution is 0.156. The summed E-state index contributed by atoms with van der Waals surface area (Å²) in [5, 5.41) is 8.36. The molecule has 0 aromatic rings. The Balaban J connectivity index is 2.20. The second-order valence-corrected chi connectivity index (χ2v) is 1.47. The highest BCUT2D eigenvalue weighted by Gasteiger charge is 2.01. The van der Waals surface area contributed by atoms with Crippen LogP contribution in [0.4, 0.5) is 0 Å². The summed E-state index contributed by atoms with van der Waals surface area (Å²) in [4.78, 5) is 1.71. The molecule has 0 aromatic heterocycles. The molecule has 44 valence electrons. The molecule has 0 atom stereocenters. The SMILES string of the molecule is OCCN1C#COC1. The molecule has 0 fully saturated rings. The molecular weight excluding hydrogens is 106 g/mol. The molecule has 1 aliphatic heterocycles. The molecule has 1 aliphatic rings. The highest BCUT2D eigenvalue weighted by Crippen LogP contribution is 1.90. The number of hydrogen-bond donors (Lipinski definition) is 1. The average Bonchev–Trinajstić information content (AvgIpc) is 2.19. The summed E-state index contributed by atoms with van der Waals surface area (Å²) < 4.78 is 4.66. The largest absolute Gasteiger partial charge is 0.423 e. The number of aliphatic hydroxyl groups is 1. The van der Waals surface area contributed by atoms with Crippen molar-refractivity contribution in [3.63, 3.8) is 0 Å². The van der Waals surface area contributed by atoms with E-state index in [-0.39, 0.29) is 6.61 Å². The predicted molar refractivity (Wildman–Crippen MR) is 27.5 cm³/mol. The third-order valence-electron chi connectivity index (χ3n) is 0.866. The molecule has 8 heavy (non-hydrogen) atoms. The quantitative estimate of drug-likeness (QED) is 0.475. The Morgan fingerprint density at radius 2 is 2.62 bits per heavy atom. The fraction of sp³-hybridized carbons (Fsp3) is 0.600. The van der Waals surface area contributed by atoms with Crippen LogP contribution in [0.1, 0.15) is 0 Å². The Hall–Kier alpha value is -0.880. The molecule has 0 radical (unpaired) electrons. The van der Waals surface area contributed by atoms with E-state index in [1.807, 2.05) is 0 Å². The van der Waals surface area contributed by atoms with Gasteiger partial charge in [-0.05, 0) is 0 Å². The Labute approximate surface area is 47.9 Å². The van der Waals surface area contributed by atoms with Crippen LogP contribution in [0.2, 0.25) is 0 Å². The van der Waals surface area contributed by atoms with E-state index >= 15 is 0 Å². The van der Waals surface area contributed by atoms with E-state index < -0.39 is 0 Å². The molecule has 0 aromatic carbocycles. The van der Waals surface area contributed by atoms with E-state index in [1.54, 1.807) is 4.90 Å². The van der Waals surface area contributed by atoms with Gasteiger partial charge >= 0.3 is 0 Å². The molecule has 0 spiro atoms. The lowest BCUT2D eigenvalue weighted by Gasteiger charge is -2.06. The zero-order valence-electron chi connectivity index (χ0n) is 4.42. The van der Waals surface area contributed by atoms with Crippen molar-refractivity contribution >= 4 is 0 Å². The average molecular weight is 113 g/mol. The van der Waals surface area contributed by atoms with E-state index in [4.69, 9.17) is 5.11 Å². The monoisotopic (exact) mass is 113 g/mol. The van der Waals surface area contributed by atoms with Gasteiger partial charge < -0.3 is 9.84 Å². The molecule has 0 saturated heterocycles. The Bertz CT molecular complexity index is 124. The maximum atomic E-state index is 8.36. The van der Waals surface area contributed by atoms with Crippen LogP contribution in [0.5, 0.6) is 0 Å². The molecule has 0 saturated carbocycles. The Morgan fingerprint density at radius 3 is 3.12 bits per heavy atom. The number of nitrogens with zero attached hydrogens (tertiary/aromatic N) is 1. The van der Waals surface area contributed by atoms with E-state index in [2.05, 4.69) is 16.9 Å². The summed E-state index contributed by atoms with van der Waals surface area (Å²) >= 11 is 0. The zero-order valence-corrected chi connectivity index (χ0v) is 4.42. The number of β-amino-alcohol motifs (C(OH)–C–C–N with tert-alkyl or cyclic N) is 1. The summed E-state index contributed by atoms with van der Waals surface area (Å²) in [6.07, 6.45) is 2.42. The first-order valence-corrected chi connectivity index (χ1v) is 2.42. The predicted octanol–water partition coefficient (Wildman–Crippen LogP) is -0.813. The van der Waals surface area contributed by atoms with Crippen molar-refractivity contribution < 1.29 is 9.84 Å². The second-order valence-electron chi connectivity index (χ2n) is 1.47. The summed E-state index contributed by atoms with van der Waals surface area (Å²) in [5.41, 5.74) is 0. The Morgan fingerprint density at radius 1 is 1.75 bits per heavy atom. The van der Waals surface area contributed by atoms with Gasteiger partial charge in [0.2, 0.25) is 0 Å². The van der Waals surface area contributed by atoms with Crippen molar-refractivity contribution in [2.75, 3.05) is 19.9 Å². The van der Waals surface area contributed by atoms with E-state index in [1.165, 1.54) is 0 Å². The van der Waals surface area contributed by atoms with Gasteiger partial charge in [-0.25, -0.2) is 0 Å². The first kappa shape index (κ1) is 5.26. The van der Waals surface area contributed by atoms with Crippen LogP contribution >= 0.6 is 0 Å². The fourth-order valence-corrected chi connectivity index (χ4v) is 0.480. The number of ether oxygens (including phenoxy) is 1. The lowest BCUT2D eigenvalue weighted by atomic mass is 10.6. The summed E-state index contributed by atoms with van der Waals surface area (Å²) in [6, 6.07) is 2.66. The van der Waals surface area contributed by atoms with Gasteiger partial charge in [0.1, 0.15) is 6.11 Å². The normalized spacial score (nSPS) is 14.9. The van der Waals surface area contributed by atoms with E-state index in [0.717, 1.165) is 0 Å². The van der Waals surface area contributed by atoms with Crippen LogP contribution in [-0.4, -0.2) is 29.9 Å².